The Kier molecular flexibility index (Phi) is 4.67. The maximum atomic E-state index is 13.0. The van der Waals surface area contributed by atoms with Crippen LogP contribution in [0, 0.1) is 0 Å². The summed E-state index contributed by atoms with van der Waals surface area (Å²) in [7, 11) is 0. The van der Waals surface area contributed by atoms with Crippen LogP contribution in [0.1, 0.15) is 26.3 Å². The molecule has 2 heterocycles. The topological polar surface area (TPSA) is 71.3 Å². The molecule has 34 heavy (non-hydrogen) atoms. The molecular formula is C28H19ClN2O3. The number of amides is 2. The van der Waals surface area contributed by atoms with Gasteiger partial charge in [0.05, 0.1) is 16.6 Å². The molecule has 0 radical (unpaired) electrons. The Morgan fingerprint density at radius 2 is 1.53 bits per heavy atom. The first kappa shape index (κ1) is 20.5. The van der Waals surface area contributed by atoms with Gasteiger partial charge in [-0.25, -0.2) is 0 Å². The number of carbonyl (C=O) groups is 2. The number of nitrogens with one attached hydrogen (secondary N) is 1. The molecule has 0 bridgehead atoms. The van der Waals surface area contributed by atoms with Gasteiger partial charge in [0.15, 0.2) is 0 Å². The van der Waals surface area contributed by atoms with Gasteiger partial charge < -0.3 is 9.67 Å². The van der Waals surface area contributed by atoms with Gasteiger partial charge >= 0.3 is 0 Å². The second-order valence-corrected chi connectivity index (χ2v) is 8.83. The number of aryl methyl sites for hydroxylation is 2. The van der Waals surface area contributed by atoms with Crippen LogP contribution < -0.4 is 5.32 Å². The zero-order valence-electron chi connectivity index (χ0n) is 18.0. The molecule has 1 aromatic heterocycles. The van der Waals surface area contributed by atoms with Crippen molar-refractivity contribution in [3.63, 3.8) is 0 Å². The predicted molar refractivity (Wildman–Crippen MR) is 133 cm³/mol. The van der Waals surface area contributed by atoms with Crippen molar-refractivity contribution < 1.29 is 14.7 Å². The molecule has 0 aliphatic carbocycles. The van der Waals surface area contributed by atoms with E-state index in [1.165, 1.54) is 5.56 Å². The number of aromatic hydroxyl groups is 1. The van der Waals surface area contributed by atoms with Crippen LogP contribution in [0.4, 0.5) is 0 Å². The minimum atomic E-state index is -0.442. The second-order valence-electron chi connectivity index (χ2n) is 8.42. The van der Waals surface area contributed by atoms with Crippen LogP contribution >= 0.6 is 11.6 Å². The smallest absolute Gasteiger partial charge is 0.259 e. The Bertz CT molecular complexity index is 1640. The first-order valence-electron chi connectivity index (χ1n) is 11.0. The third kappa shape index (κ3) is 3.09. The standard InChI is InChI=1S/C28H19ClN2O3/c29-21-9-5-4-8-18(21)19-15-23-24(26-25(19)27(33)30-28(26)34)20-14-17(32)10-11-22(20)31(23)13-12-16-6-2-1-3-7-16/h1-11,14-15,32H,12-13H2,(H,30,33,34). The van der Waals surface area contributed by atoms with Gasteiger partial charge in [-0.05, 0) is 47.9 Å². The molecule has 0 atom stereocenters. The number of aromatic nitrogens is 1. The molecule has 0 spiro atoms. The summed E-state index contributed by atoms with van der Waals surface area (Å²) < 4.78 is 2.15. The number of imide groups is 1. The Morgan fingerprint density at radius 1 is 0.794 bits per heavy atom. The summed E-state index contributed by atoms with van der Waals surface area (Å²) in [5.74, 6) is -0.783. The summed E-state index contributed by atoms with van der Waals surface area (Å²) in [6.45, 7) is 0.658. The van der Waals surface area contributed by atoms with Gasteiger partial charge in [-0.15, -0.1) is 0 Å². The van der Waals surface area contributed by atoms with Crippen LogP contribution in [-0.2, 0) is 13.0 Å². The van der Waals surface area contributed by atoms with E-state index in [-0.39, 0.29) is 5.75 Å². The average Bonchev–Trinajstić information content (AvgIpc) is 3.31. The number of phenols is 1. The molecule has 1 aliphatic rings. The predicted octanol–water partition coefficient (Wildman–Crippen LogP) is 5.95. The maximum Gasteiger partial charge on any atom is 0.259 e. The summed E-state index contributed by atoms with van der Waals surface area (Å²) in [4.78, 5) is 26.0. The summed E-state index contributed by atoms with van der Waals surface area (Å²) in [6.07, 6.45) is 0.782. The summed E-state index contributed by atoms with van der Waals surface area (Å²) >= 11 is 6.52. The minimum absolute atomic E-state index is 0.100. The highest BCUT2D eigenvalue weighted by Crippen LogP contribution is 2.42. The number of hydrogen-bond acceptors (Lipinski definition) is 3. The van der Waals surface area contributed by atoms with E-state index in [9.17, 15) is 14.7 Å². The van der Waals surface area contributed by atoms with Crippen LogP contribution in [0.5, 0.6) is 5.75 Å². The lowest BCUT2D eigenvalue weighted by molar-refractivity contribution is 0.0880. The number of phenolic OH excluding ortho intramolecular Hbond substituents is 1. The highest BCUT2D eigenvalue weighted by atomic mass is 35.5. The second kappa shape index (κ2) is 7.75. The lowest BCUT2D eigenvalue weighted by Gasteiger charge is -2.12. The van der Waals surface area contributed by atoms with Crippen molar-refractivity contribution in [2.45, 2.75) is 13.0 Å². The summed E-state index contributed by atoms with van der Waals surface area (Å²) in [5, 5.41) is 14.6. The number of hydrogen-bond donors (Lipinski definition) is 2. The van der Waals surface area contributed by atoms with Gasteiger partial charge in [0.2, 0.25) is 0 Å². The maximum absolute atomic E-state index is 13.0. The first-order chi connectivity index (χ1) is 16.5. The van der Waals surface area contributed by atoms with Crippen LogP contribution in [-0.4, -0.2) is 21.5 Å². The lowest BCUT2D eigenvalue weighted by atomic mass is 9.93. The molecule has 5 nitrogen and oxygen atoms in total. The normalized spacial score (nSPS) is 13.0. The fourth-order valence-corrected chi connectivity index (χ4v) is 5.19. The van der Waals surface area contributed by atoms with Crippen molar-refractivity contribution in [2.75, 3.05) is 0 Å². The molecule has 2 N–H and O–H groups in total. The van der Waals surface area contributed by atoms with Crippen molar-refractivity contribution in [1.82, 2.24) is 9.88 Å². The molecule has 6 rings (SSSR count). The summed E-state index contributed by atoms with van der Waals surface area (Å²) in [5.41, 5.74) is 4.84. The Morgan fingerprint density at radius 3 is 2.32 bits per heavy atom. The van der Waals surface area contributed by atoms with Gasteiger partial charge in [0.25, 0.3) is 11.8 Å². The third-order valence-electron chi connectivity index (χ3n) is 6.45. The number of nitrogens with zero attached hydrogens (tertiary/aromatic N) is 1. The van der Waals surface area contributed by atoms with E-state index >= 15 is 0 Å². The van der Waals surface area contributed by atoms with Crippen molar-refractivity contribution in [2.24, 2.45) is 0 Å². The Hall–Kier alpha value is -4.09. The van der Waals surface area contributed by atoms with Crippen molar-refractivity contribution in [3.05, 3.63) is 101 Å². The van der Waals surface area contributed by atoms with Crippen molar-refractivity contribution in [3.8, 4) is 16.9 Å². The zero-order chi connectivity index (χ0) is 23.4. The van der Waals surface area contributed by atoms with E-state index in [0.717, 1.165) is 22.8 Å². The molecule has 0 unspecified atom stereocenters. The minimum Gasteiger partial charge on any atom is -0.508 e. The van der Waals surface area contributed by atoms with Gasteiger partial charge in [0.1, 0.15) is 5.75 Å². The third-order valence-corrected chi connectivity index (χ3v) is 6.78. The number of halogens is 1. The molecule has 1 aliphatic heterocycles. The molecule has 166 valence electrons. The highest BCUT2D eigenvalue weighted by molar-refractivity contribution is 6.36. The van der Waals surface area contributed by atoms with Crippen LogP contribution in [0.2, 0.25) is 5.02 Å². The van der Waals surface area contributed by atoms with Gasteiger partial charge in [0, 0.05) is 33.4 Å². The number of fused-ring (bicyclic) bond motifs is 5. The van der Waals surface area contributed by atoms with E-state index in [4.69, 9.17) is 11.6 Å². The lowest BCUT2D eigenvalue weighted by Crippen LogP contribution is -2.20. The SMILES string of the molecule is O=C1NC(=O)c2c1c(-c1ccccc1Cl)cc1c2c2cc(O)ccc2n1CCc1ccccc1. The average molecular weight is 467 g/mol. The Labute approximate surface area is 200 Å². The highest BCUT2D eigenvalue weighted by Gasteiger charge is 2.34. The van der Waals surface area contributed by atoms with E-state index in [0.29, 0.717) is 39.2 Å². The molecular weight excluding hydrogens is 448 g/mol. The van der Waals surface area contributed by atoms with E-state index < -0.39 is 11.8 Å². The Balaban J connectivity index is 1.70. The molecule has 0 saturated heterocycles. The largest absolute Gasteiger partial charge is 0.508 e. The monoisotopic (exact) mass is 466 g/mol. The van der Waals surface area contributed by atoms with E-state index in [1.807, 2.05) is 48.5 Å². The molecule has 0 fully saturated rings. The molecule has 5 aromatic rings. The molecule has 6 heteroatoms. The molecule has 0 saturated carbocycles. The molecule has 4 aromatic carbocycles. The van der Waals surface area contributed by atoms with E-state index in [2.05, 4.69) is 22.0 Å². The fraction of sp³-hybridized carbons (Fsp3) is 0.0714. The van der Waals surface area contributed by atoms with Gasteiger partial charge in [-0.2, -0.15) is 0 Å². The van der Waals surface area contributed by atoms with Gasteiger partial charge in [-0.3, -0.25) is 14.9 Å². The molecule has 2 amide bonds. The van der Waals surface area contributed by atoms with Crippen LogP contribution in [0.15, 0.2) is 78.9 Å². The zero-order valence-corrected chi connectivity index (χ0v) is 18.8. The van der Waals surface area contributed by atoms with Crippen molar-refractivity contribution >= 4 is 45.2 Å². The fourth-order valence-electron chi connectivity index (χ4n) is 4.95. The summed E-state index contributed by atoms with van der Waals surface area (Å²) in [6, 6.07) is 24.6. The van der Waals surface area contributed by atoms with Crippen LogP contribution in [0.3, 0.4) is 0 Å². The van der Waals surface area contributed by atoms with Crippen molar-refractivity contribution in [1.29, 1.82) is 0 Å². The number of rotatable bonds is 4. The quantitative estimate of drug-likeness (QED) is 0.322. The van der Waals surface area contributed by atoms with Crippen LogP contribution in [0.25, 0.3) is 32.9 Å². The van der Waals surface area contributed by atoms with Gasteiger partial charge in [-0.1, -0.05) is 60.1 Å². The van der Waals surface area contributed by atoms with E-state index in [1.54, 1.807) is 18.2 Å². The first-order valence-corrected chi connectivity index (χ1v) is 11.4. The number of carbonyl (C=O) groups excluding carboxylic acids is 2. The number of benzene rings is 4.